The second-order valence-corrected chi connectivity index (χ2v) is 8.11. The highest BCUT2D eigenvalue weighted by Gasteiger charge is 2.17. The molecule has 1 atom stereocenters. The van der Waals surface area contributed by atoms with Gasteiger partial charge in [-0.3, -0.25) is 9.59 Å². The summed E-state index contributed by atoms with van der Waals surface area (Å²) in [5.41, 5.74) is 2.57. The molecule has 1 heterocycles. The number of halogens is 1. The van der Waals surface area contributed by atoms with E-state index < -0.39 is 5.25 Å². The Hall–Kier alpha value is -2.77. The number of nitrogens with one attached hydrogen (secondary N) is 2. The number of carbonyl (C=O) groups is 1. The largest absolute Gasteiger partial charge is 0.497 e. The number of benzene rings is 2. The lowest BCUT2D eigenvalue weighted by Crippen LogP contribution is -2.23. The van der Waals surface area contributed by atoms with E-state index in [-0.39, 0.29) is 11.5 Å². The number of aromatic nitrogens is 2. The zero-order chi connectivity index (χ0) is 21.0. The fourth-order valence-corrected chi connectivity index (χ4v) is 3.53. The highest BCUT2D eigenvalue weighted by Crippen LogP contribution is 2.25. The number of H-pyrrole nitrogens is 1. The van der Waals surface area contributed by atoms with Gasteiger partial charge in [0, 0.05) is 22.3 Å². The lowest BCUT2D eigenvalue weighted by Gasteiger charge is -2.12. The van der Waals surface area contributed by atoms with Gasteiger partial charge in [0.05, 0.1) is 18.1 Å². The molecule has 29 heavy (non-hydrogen) atoms. The summed E-state index contributed by atoms with van der Waals surface area (Å²) < 4.78 is 5.15. The molecule has 0 aliphatic heterocycles. The van der Waals surface area contributed by atoms with Crippen molar-refractivity contribution in [3.8, 4) is 17.0 Å². The van der Waals surface area contributed by atoms with Gasteiger partial charge in [0.15, 0.2) is 5.16 Å². The average molecular weight is 430 g/mol. The van der Waals surface area contributed by atoms with E-state index in [1.54, 1.807) is 38.3 Å². The number of amides is 1. The van der Waals surface area contributed by atoms with E-state index in [0.717, 1.165) is 16.9 Å². The van der Waals surface area contributed by atoms with Crippen molar-refractivity contribution in [3.05, 3.63) is 69.5 Å². The number of ether oxygens (including phenoxy) is 1. The summed E-state index contributed by atoms with van der Waals surface area (Å²) in [4.78, 5) is 31.7. The molecular weight excluding hydrogens is 410 g/mol. The van der Waals surface area contributed by atoms with Crippen LogP contribution in [0.5, 0.6) is 5.75 Å². The van der Waals surface area contributed by atoms with Gasteiger partial charge in [0.1, 0.15) is 5.75 Å². The number of aromatic amines is 1. The minimum Gasteiger partial charge on any atom is -0.497 e. The molecule has 8 heteroatoms. The van der Waals surface area contributed by atoms with Crippen LogP contribution in [0, 0.1) is 6.92 Å². The summed E-state index contributed by atoms with van der Waals surface area (Å²) in [6, 6.07) is 14.0. The van der Waals surface area contributed by atoms with Crippen molar-refractivity contribution in [1.82, 2.24) is 9.97 Å². The molecule has 1 amide bonds. The highest BCUT2D eigenvalue weighted by atomic mass is 35.5. The molecule has 1 aromatic heterocycles. The molecule has 0 fully saturated rings. The minimum absolute atomic E-state index is 0.215. The Kier molecular flexibility index (Phi) is 6.61. The van der Waals surface area contributed by atoms with E-state index in [1.165, 1.54) is 17.8 Å². The second-order valence-electron chi connectivity index (χ2n) is 6.38. The summed E-state index contributed by atoms with van der Waals surface area (Å²) in [6.45, 7) is 3.64. The van der Waals surface area contributed by atoms with E-state index in [2.05, 4.69) is 15.3 Å². The first-order valence-corrected chi connectivity index (χ1v) is 10.1. The molecule has 0 spiro atoms. The van der Waals surface area contributed by atoms with Gasteiger partial charge in [0.25, 0.3) is 5.56 Å². The van der Waals surface area contributed by atoms with Crippen molar-refractivity contribution >= 4 is 35.0 Å². The van der Waals surface area contributed by atoms with Crippen molar-refractivity contribution in [1.29, 1.82) is 0 Å². The summed E-state index contributed by atoms with van der Waals surface area (Å²) in [5.74, 6) is 0.502. The first-order valence-electron chi connectivity index (χ1n) is 8.85. The predicted octanol–water partition coefficient (Wildman–Crippen LogP) is 4.53. The maximum Gasteiger partial charge on any atom is 0.252 e. The summed E-state index contributed by atoms with van der Waals surface area (Å²) >= 11 is 7.28. The standard InChI is InChI=1S/C21H20ClN3O3S/c1-12-4-7-15(10-17(12)22)23-20(27)13(2)29-21-24-18(11-19(26)25-21)14-5-8-16(28-3)9-6-14/h4-11,13H,1-3H3,(H,23,27)(H,24,25,26). The normalized spacial score (nSPS) is 11.7. The molecule has 6 nitrogen and oxygen atoms in total. The highest BCUT2D eigenvalue weighted by molar-refractivity contribution is 8.00. The van der Waals surface area contributed by atoms with Crippen LogP contribution in [0.1, 0.15) is 12.5 Å². The molecule has 2 aromatic carbocycles. The Bertz CT molecular complexity index is 1080. The van der Waals surface area contributed by atoms with Crippen LogP contribution in [-0.4, -0.2) is 28.2 Å². The second kappa shape index (κ2) is 9.15. The van der Waals surface area contributed by atoms with Crippen LogP contribution in [0.2, 0.25) is 5.02 Å². The van der Waals surface area contributed by atoms with Gasteiger partial charge < -0.3 is 15.0 Å². The molecule has 3 aromatic rings. The molecule has 2 N–H and O–H groups in total. The van der Waals surface area contributed by atoms with Gasteiger partial charge in [-0.25, -0.2) is 4.98 Å². The molecule has 0 saturated carbocycles. The maximum atomic E-state index is 12.5. The van der Waals surface area contributed by atoms with E-state index in [4.69, 9.17) is 16.3 Å². The van der Waals surface area contributed by atoms with Crippen LogP contribution in [0.15, 0.2) is 58.5 Å². The maximum absolute atomic E-state index is 12.5. The van der Waals surface area contributed by atoms with Crippen molar-refractivity contribution in [2.75, 3.05) is 12.4 Å². The first-order chi connectivity index (χ1) is 13.9. The minimum atomic E-state index is -0.482. The van der Waals surface area contributed by atoms with E-state index >= 15 is 0 Å². The molecule has 0 bridgehead atoms. The SMILES string of the molecule is COc1ccc(-c2cc(=O)[nH]c(SC(C)C(=O)Nc3ccc(C)c(Cl)c3)n2)cc1. The van der Waals surface area contributed by atoms with E-state index in [0.29, 0.717) is 21.6 Å². The molecule has 150 valence electrons. The number of methoxy groups -OCH3 is 1. The summed E-state index contributed by atoms with van der Waals surface area (Å²) in [7, 11) is 1.59. The van der Waals surface area contributed by atoms with Crippen molar-refractivity contribution in [2.24, 2.45) is 0 Å². The van der Waals surface area contributed by atoms with Crippen LogP contribution in [-0.2, 0) is 4.79 Å². The average Bonchev–Trinajstić information content (AvgIpc) is 2.70. The van der Waals surface area contributed by atoms with Crippen LogP contribution < -0.4 is 15.6 Å². The first kappa shape index (κ1) is 21.0. The molecule has 0 aliphatic rings. The van der Waals surface area contributed by atoms with Gasteiger partial charge in [-0.1, -0.05) is 29.4 Å². The molecule has 3 rings (SSSR count). The topological polar surface area (TPSA) is 84.1 Å². The molecule has 0 saturated heterocycles. The summed E-state index contributed by atoms with van der Waals surface area (Å²) in [6.07, 6.45) is 0. The number of rotatable bonds is 6. The summed E-state index contributed by atoms with van der Waals surface area (Å²) in [5, 5.41) is 3.30. The third kappa shape index (κ3) is 5.40. The van der Waals surface area contributed by atoms with E-state index in [9.17, 15) is 9.59 Å². The Labute approximate surface area is 177 Å². The smallest absolute Gasteiger partial charge is 0.252 e. The number of hydrogen-bond acceptors (Lipinski definition) is 5. The van der Waals surface area contributed by atoms with Gasteiger partial charge in [0.2, 0.25) is 5.91 Å². The fraction of sp³-hybridized carbons (Fsp3) is 0.190. The Balaban J connectivity index is 1.74. The number of nitrogens with zero attached hydrogens (tertiary/aromatic N) is 1. The zero-order valence-corrected chi connectivity index (χ0v) is 17.7. The van der Waals surface area contributed by atoms with Crippen LogP contribution in [0.3, 0.4) is 0 Å². The lowest BCUT2D eigenvalue weighted by atomic mass is 10.1. The van der Waals surface area contributed by atoms with Crippen molar-refractivity contribution in [3.63, 3.8) is 0 Å². The number of hydrogen-bond donors (Lipinski definition) is 2. The molecule has 1 unspecified atom stereocenters. The quantitative estimate of drug-likeness (QED) is 0.444. The Morgan fingerprint density at radius 1 is 1.21 bits per heavy atom. The van der Waals surface area contributed by atoms with E-state index in [1.807, 2.05) is 25.1 Å². The van der Waals surface area contributed by atoms with Gasteiger partial charge >= 0.3 is 0 Å². The third-order valence-corrected chi connectivity index (χ3v) is 5.59. The Morgan fingerprint density at radius 3 is 2.59 bits per heavy atom. The number of anilines is 1. The number of aryl methyl sites for hydroxylation is 1. The van der Waals surface area contributed by atoms with Crippen molar-refractivity contribution in [2.45, 2.75) is 24.3 Å². The van der Waals surface area contributed by atoms with Gasteiger partial charge in [-0.15, -0.1) is 0 Å². The number of thioether (sulfide) groups is 1. The third-order valence-electron chi connectivity index (χ3n) is 4.20. The monoisotopic (exact) mass is 429 g/mol. The van der Waals surface area contributed by atoms with Crippen LogP contribution in [0.25, 0.3) is 11.3 Å². The van der Waals surface area contributed by atoms with Gasteiger partial charge in [-0.2, -0.15) is 0 Å². The molecule has 0 radical (unpaired) electrons. The lowest BCUT2D eigenvalue weighted by molar-refractivity contribution is -0.115. The van der Waals surface area contributed by atoms with Crippen LogP contribution in [0.4, 0.5) is 5.69 Å². The fourth-order valence-electron chi connectivity index (χ4n) is 2.54. The van der Waals surface area contributed by atoms with Crippen LogP contribution >= 0.6 is 23.4 Å². The number of carbonyl (C=O) groups excluding carboxylic acids is 1. The van der Waals surface area contributed by atoms with Gasteiger partial charge in [-0.05, 0) is 55.8 Å². The zero-order valence-electron chi connectivity index (χ0n) is 16.2. The predicted molar refractivity (Wildman–Crippen MR) is 117 cm³/mol. The molecule has 0 aliphatic carbocycles. The molecular formula is C21H20ClN3O3S. The Morgan fingerprint density at radius 2 is 1.93 bits per heavy atom. The van der Waals surface area contributed by atoms with Crippen molar-refractivity contribution < 1.29 is 9.53 Å².